The highest BCUT2D eigenvalue weighted by Gasteiger charge is 2.77. The normalized spacial score (nSPS) is 30.6. The average Bonchev–Trinajstić information content (AvgIpc) is 3.51. The first-order valence-electron chi connectivity index (χ1n) is 13.7. The molecular weight excluding hydrogens is 534 g/mol. The van der Waals surface area contributed by atoms with Gasteiger partial charge in [0.2, 0.25) is 11.8 Å². The summed E-state index contributed by atoms with van der Waals surface area (Å²) in [5.74, 6) is -1.68. The first-order chi connectivity index (χ1) is 18.6. The highest BCUT2D eigenvalue weighted by atomic mass is 35.5. The van der Waals surface area contributed by atoms with E-state index in [0.717, 1.165) is 12.8 Å². The summed E-state index contributed by atoms with van der Waals surface area (Å²) >= 11 is 7.78. The van der Waals surface area contributed by atoms with E-state index in [2.05, 4.69) is 20.1 Å². The Morgan fingerprint density at radius 2 is 1.87 bits per heavy atom. The molecule has 3 aliphatic rings. The summed E-state index contributed by atoms with van der Waals surface area (Å²) in [6.45, 7) is 14.1. The molecule has 2 bridgehead atoms. The van der Waals surface area contributed by atoms with Crippen LogP contribution in [0.5, 0.6) is 0 Å². The first kappa shape index (κ1) is 29.7. The van der Waals surface area contributed by atoms with Crippen LogP contribution in [0.25, 0.3) is 0 Å². The van der Waals surface area contributed by atoms with Crippen LogP contribution in [0.1, 0.15) is 33.6 Å². The molecule has 3 aliphatic heterocycles. The SMILES string of the molecule is C=CCN(C)C(=O)[C@@H]1[C@H]2C(=O)N([C@@H](CO)[C@@H](C)CC)C(C(=O)N(CC=C)c3ccc(Cl)cc3)C23S[C@@H]1CC3C. The molecule has 4 rings (SSSR count). The minimum Gasteiger partial charge on any atom is -0.394 e. The molecule has 3 amide bonds. The van der Waals surface area contributed by atoms with Gasteiger partial charge in [-0.05, 0) is 42.5 Å². The summed E-state index contributed by atoms with van der Waals surface area (Å²) in [5, 5.41) is 11.1. The van der Waals surface area contributed by atoms with Crippen LogP contribution in [0.15, 0.2) is 49.6 Å². The van der Waals surface area contributed by atoms with Crippen LogP contribution < -0.4 is 4.90 Å². The fourth-order valence-corrected chi connectivity index (χ4v) is 9.47. The van der Waals surface area contributed by atoms with E-state index in [9.17, 15) is 19.5 Å². The Morgan fingerprint density at radius 3 is 2.44 bits per heavy atom. The maximum absolute atomic E-state index is 14.7. The quantitative estimate of drug-likeness (QED) is 0.400. The van der Waals surface area contributed by atoms with Gasteiger partial charge in [-0.1, -0.05) is 50.9 Å². The lowest BCUT2D eigenvalue weighted by molar-refractivity contribution is -0.145. The van der Waals surface area contributed by atoms with Gasteiger partial charge in [-0.2, -0.15) is 0 Å². The predicted molar refractivity (Wildman–Crippen MR) is 158 cm³/mol. The Bertz CT molecular complexity index is 1130. The summed E-state index contributed by atoms with van der Waals surface area (Å²) < 4.78 is -0.777. The number of likely N-dealkylation sites (tertiary alicyclic amines) is 1. The fourth-order valence-electron chi connectivity index (χ4n) is 6.95. The second kappa shape index (κ2) is 11.7. The van der Waals surface area contributed by atoms with Gasteiger partial charge in [0.15, 0.2) is 0 Å². The molecule has 39 heavy (non-hydrogen) atoms. The number of nitrogens with zero attached hydrogens (tertiary/aromatic N) is 3. The second-order valence-electron chi connectivity index (χ2n) is 11.2. The number of hydrogen-bond donors (Lipinski definition) is 1. The van der Waals surface area contributed by atoms with Crippen molar-refractivity contribution < 1.29 is 19.5 Å². The Hall–Kier alpha value is -2.29. The zero-order chi connectivity index (χ0) is 28.6. The minimum absolute atomic E-state index is 0.0289. The number of aliphatic hydroxyl groups excluding tert-OH is 1. The minimum atomic E-state index is -0.829. The standard InChI is InChI=1S/C30H40ClN3O4S/c1-7-14-32(6)27(36)24-23-16-19(5)30(39-23)25(24)28(37)34(22(17-35)18(4)9-3)26(30)29(38)33(15-8-2)21-12-10-20(31)11-13-21/h7-8,10-13,18-19,22-26,35H,1-2,9,14-17H2,3-6H3/t18-,19?,22-,23+,24-,25-,26?,30?/m0/s1. The summed E-state index contributed by atoms with van der Waals surface area (Å²) in [6, 6.07) is 5.67. The van der Waals surface area contributed by atoms with Crippen LogP contribution in [-0.2, 0) is 14.4 Å². The zero-order valence-corrected chi connectivity index (χ0v) is 24.8. The molecule has 0 radical (unpaired) electrons. The van der Waals surface area contributed by atoms with Crippen molar-refractivity contribution in [1.82, 2.24) is 9.80 Å². The first-order valence-corrected chi connectivity index (χ1v) is 15.0. The van der Waals surface area contributed by atoms with Gasteiger partial charge in [-0.3, -0.25) is 14.4 Å². The lowest BCUT2D eigenvalue weighted by Gasteiger charge is -2.43. The highest BCUT2D eigenvalue weighted by molar-refractivity contribution is 8.02. The Balaban J connectivity index is 1.87. The fraction of sp³-hybridized carbons (Fsp3) is 0.567. The molecule has 0 saturated carbocycles. The molecule has 8 atom stereocenters. The van der Waals surface area contributed by atoms with Crippen molar-refractivity contribution in [2.75, 3.05) is 31.6 Å². The van der Waals surface area contributed by atoms with Gasteiger partial charge in [0.05, 0.1) is 29.2 Å². The van der Waals surface area contributed by atoms with E-state index in [-0.39, 0.29) is 48.0 Å². The number of likely N-dealkylation sites (N-methyl/N-ethyl adjacent to an activating group) is 1. The molecule has 3 saturated heterocycles. The summed E-state index contributed by atoms with van der Waals surface area (Å²) in [5.41, 5.74) is 0.657. The molecule has 3 unspecified atom stereocenters. The van der Waals surface area contributed by atoms with E-state index < -0.39 is 28.7 Å². The molecule has 3 fully saturated rings. The van der Waals surface area contributed by atoms with Crippen LogP contribution in [0.2, 0.25) is 5.02 Å². The lowest BCUT2D eigenvalue weighted by atomic mass is 9.65. The van der Waals surface area contributed by atoms with Crippen LogP contribution in [0.4, 0.5) is 5.69 Å². The number of hydrogen-bond acceptors (Lipinski definition) is 5. The van der Waals surface area contributed by atoms with Gasteiger partial charge >= 0.3 is 0 Å². The van der Waals surface area contributed by atoms with E-state index in [1.54, 1.807) is 69.9 Å². The zero-order valence-electron chi connectivity index (χ0n) is 23.3. The van der Waals surface area contributed by atoms with Crippen molar-refractivity contribution >= 4 is 46.8 Å². The number of halogens is 1. The van der Waals surface area contributed by atoms with Crippen LogP contribution >= 0.6 is 23.4 Å². The van der Waals surface area contributed by atoms with Crippen molar-refractivity contribution in [2.24, 2.45) is 23.7 Å². The number of fused-ring (bicyclic) bond motifs is 1. The maximum Gasteiger partial charge on any atom is 0.251 e. The summed E-state index contributed by atoms with van der Waals surface area (Å²) in [6.07, 6.45) is 4.83. The molecule has 0 aromatic heterocycles. The molecular formula is C30H40ClN3O4S. The van der Waals surface area contributed by atoms with Crippen LogP contribution in [-0.4, -0.2) is 81.5 Å². The third kappa shape index (κ3) is 4.72. The summed E-state index contributed by atoms with van der Waals surface area (Å²) in [4.78, 5) is 47.9. The van der Waals surface area contributed by atoms with E-state index in [1.165, 1.54) is 0 Å². The number of thioether (sulfide) groups is 1. The van der Waals surface area contributed by atoms with E-state index in [1.807, 2.05) is 13.8 Å². The molecule has 1 spiro atoms. The van der Waals surface area contributed by atoms with Gasteiger partial charge in [0, 0.05) is 36.1 Å². The third-order valence-electron chi connectivity index (χ3n) is 9.04. The highest BCUT2D eigenvalue weighted by Crippen LogP contribution is 2.69. The summed E-state index contributed by atoms with van der Waals surface area (Å²) in [7, 11) is 1.73. The number of anilines is 1. The van der Waals surface area contributed by atoms with E-state index >= 15 is 0 Å². The molecule has 3 heterocycles. The molecule has 7 nitrogen and oxygen atoms in total. The van der Waals surface area contributed by atoms with Crippen LogP contribution in [0, 0.1) is 23.7 Å². The van der Waals surface area contributed by atoms with Crippen molar-refractivity contribution in [3.05, 3.63) is 54.6 Å². The Morgan fingerprint density at radius 1 is 1.23 bits per heavy atom. The molecule has 0 aliphatic carbocycles. The smallest absolute Gasteiger partial charge is 0.251 e. The molecule has 212 valence electrons. The second-order valence-corrected chi connectivity index (χ2v) is 13.1. The monoisotopic (exact) mass is 573 g/mol. The lowest BCUT2D eigenvalue weighted by Crippen LogP contribution is -2.60. The van der Waals surface area contributed by atoms with E-state index in [0.29, 0.717) is 17.3 Å². The Labute approximate surface area is 241 Å². The maximum atomic E-state index is 14.7. The van der Waals surface area contributed by atoms with Crippen LogP contribution in [0.3, 0.4) is 0 Å². The number of carbonyl (C=O) groups is 3. The van der Waals surface area contributed by atoms with Gasteiger partial charge in [0.25, 0.3) is 5.91 Å². The molecule has 1 N–H and O–H groups in total. The molecule has 1 aromatic rings. The van der Waals surface area contributed by atoms with Gasteiger partial charge < -0.3 is 19.8 Å². The number of aliphatic hydroxyl groups is 1. The molecule has 9 heteroatoms. The van der Waals surface area contributed by atoms with Crippen molar-refractivity contribution in [3.8, 4) is 0 Å². The number of carbonyl (C=O) groups excluding carboxylic acids is 3. The largest absolute Gasteiger partial charge is 0.394 e. The third-order valence-corrected chi connectivity index (χ3v) is 11.4. The van der Waals surface area contributed by atoms with Gasteiger partial charge in [0.1, 0.15) is 6.04 Å². The van der Waals surface area contributed by atoms with Gasteiger partial charge in [-0.25, -0.2) is 0 Å². The number of amides is 3. The van der Waals surface area contributed by atoms with Crippen molar-refractivity contribution in [2.45, 2.75) is 55.7 Å². The number of rotatable bonds is 11. The Kier molecular flexibility index (Phi) is 8.89. The predicted octanol–water partition coefficient (Wildman–Crippen LogP) is 4.25. The van der Waals surface area contributed by atoms with Crippen molar-refractivity contribution in [1.29, 1.82) is 0 Å². The van der Waals surface area contributed by atoms with Gasteiger partial charge in [-0.15, -0.1) is 24.9 Å². The number of benzene rings is 1. The molecule has 1 aromatic carbocycles. The van der Waals surface area contributed by atoms with E-state index in [4.69, 9.17) is 11.6 Å². The van der Waals surface area contributed by atoms with Crippen molar-refractivity contribution in [3.63, 3.8) is 0 Å². The topological polar surface area (TPSA) is 81.2 Å². The average molecular weight is 574 g/mol.